The van der Waals surface area contributed by atoms with E-state index in [0.29, 0.717) is 12.8 Å². The summed E-state index contributed by atoms with van der Waals surface area (Å²) in [4.78, 5) is 36.8. The number of rotatable bonds is 39. The first-order valence-corrected chi connectivity index (χ1v) is 21.7. The van der Waals surface area contributed by atoms with Crippen LogP contribution in [-0.4, -0.2) is 75.5 Å². The van der Waals surface area contributed by atoms with E-state index in [2.05, 4.69) is 26.0 Å². The highest BCUT2D eigenvalue weighted by molar-refractivity contribution is 5.70. The van der Waals surface area contributed by atoms with E-state index in [1.165, 1.54) is 128 Å². The van der Waals surface area contributed by atoms with Crippen molar-refractivity contribution >= 4 is 17.9 Å². The molecule has 2 atom stereocenters. The quantitative estimate of drug-likeness (QED) is 0.0268. The number of hydrogen-bond donors (Lipinski definition) is 0. The Morgan fingerprint density at radius 3 is 1.38 bits per heavy atom. The summed E-state index contributed by atoms with van der Waals surface area (Å²) in [5, 5.41) is 11.6. The topological polar surface area (TPSA) is 102 Å². The van der Waals surface area contributed by atoms with E-state index in [1.54, 1.807) is 21.1 Å². The summed E-state index contributed by atoms with van der Waals surface area (Å²) in [5.41, 5.74) is 0. The van der Waals surface area contributed by atoms with E-state index < -0.39 is 18.1 Å². The van der Waals surface area contributed by atoms with Crippen molar-refractivity contribution in [2.45, 2.75) is 212 Å². The molecule has 306 valence electrons. The molecule has 0 saturated heterocycles. The van der Waals surface area contributed by atoms with Crippen molar-refractivity contribution in [3.05, 3.63) is 12.2 Å². The average molecular weight is 738 g/mol. The molecule has 0 radical (unpaired) electrons. The van der Waals surface area contributed by atoms with Gasteiger partial charge in [0.1, 0.15) is 12.6 Å². The third-order valence-corrected chi connectivity index (χ3v) is 9.90. The minimum absolute atomic E-state index is 0.0443. The van der Waals surface area contributed by atoms with E-state index in [4.69, 9.17) is 14.2 Å². The second-order valence-corrected chi connectivity index (χ2v) is 15.9. The Hall–Kier alpha value is -1.93. The predicted octanol–water partition coefficient (Wildman–Crippen LogP) is 10.2. The minimum Gasteiger partial charge on any atom is -0.544 e. The molecule has 0 bridgehead atoms. The Morgan fingerprint density at radius 2 is 0.962 bits per heavy atom. The van der Waals surface area contributed by atoms with E-state index in [-0.39, 0.29) is 42.7 Å². The zero-order chi connectivity index (χ0) is 38.5. The van der Waals surface area contributed by atoms with Gasteiger partial charge < -0.3 is 28.6 Å². The molecular formula is C44H83NO7. The van der Waals surface area contributed by atoms with Crippen molar-refractivity contribution in [2.24, 2.45) is 0 Å². The molecule has 0 aromatic carbocycles. The van der Waals surface area contributed by atoms with Crippen molar-refractivity contribution in [1.29, 1.82) is 0 Å². The largest absolute Gasteiger partial charge is 0.544 e. The number of likely N-dealkylation sites (N-methyl/N-ethyl adjacent to an activating group) is 1. The maximum absolute atomic E-state index is 12.7. The normalized spacial score (nSPS) is 13.0. The molecule has 0 aromatic heterocycles. The molecule has 2 unspecified atom stereocenters. The number of aliphatic carboxylic acids is 1. The third kappa shape index (κ3) is 33.9. The Kier molecular flexibility index (Phi) is 34.7. The van der Waals surface area contributed by atoms with Gasteiger partial charge in [-0.25, -0.2) is 0 Å². The van der Waals surface area contributed by atoms with Crippen LogP contribution in [0.5, 0.6) is 0 Å². The molecule has 0 aliphatic heterocycles. The molecule has 0 aromatic rings. The molecule has 0 spiro atoms. The van der Waals surface area contributed by atoms with Gasteiger partial charge >= 0.3 is 11.9 Å². The number of carbonyl (C=O) groups is 3. The van der Waals surface area contributed by atoms with Crippen molar-refractivity contribution in [3.63, 3.8) is 0 Å². The smallest absolute Gasteiger partial charge is 0.306 e. The van der Waals surface area contributed by atoms with E-state index in [1.807, 2.05) is 0 Å². The minimum atomic E-state index is -1.12. The van der Waals surface area contributed by atoms with Gasteiger partial charge in [-0.1, -0.05) is 154 Å². The number of hydrogen-bond acceptors (Lipinski definition) is 7. The van der Waals surface area contributed by atoms with E-state index >= 15 is 0 Å². The van der Waals surface area contributed by atoms with Crippen LogP contribution in [0.25, 0.3) is 0 Å². The Morgan fingerprint density at radius 1 is 0.558 bits per heavy atom. The molecule has 0 saturated carbocycles. The lowest BCUT2D eigenvalue weighted by Crippen LogP contribution is -2.55. The number of allylic oxidation sites excluding steroid dienone is 2. The van der Waals surface area contributed by atoms with Crippen LogP contribution in [0, 0.1) is 0 Å². The van der Waals surface area contributed by atoms with Crippen LogP contribution in [0.1, 0.15) is 200 Å². The third-order valence-electron chi connectivity index (χ3n) is 9.90. The van der Waals surface area contributed by atoms with Gasteiger partial charge in [0, 0.05) is 19.3 Å². The molecule has 8 heteroatoms. The van der Waals surface area contributed by atoms with Crippen molar-refractivity contribution in [2.75, 3.05) is 41.0 Å². The number of carboxylic acid groups (broad SMARTS) is 1. The lowest BCUT2D eigenvalue weighted by Gasteiger charge is -2.34. The van der Waals surface area contributed by atoms with Gasteiger partial charge in [-0.15, -0.1) is 0 Å². The maximum Gasteiger partial charge on any atom is 0.306 e. The Labute approximate surface area is 320 Å². The molecule has 0 amide bonds. The van der Waals surface area contributed by atoms with Gasteiger partial charge in [-0.05, 0) is 38.5 Å². The number of nitrogens with zero attached hydrogens (tertiary/aromatic N) is 1. The van der Waals surface area contributed by atoms with E-state index in [0.717, 1.165) is 38.5 Å². The number of esters is 2. The highest BCUT2D eigenvalue weighted by Gasteiger charge is 2.25. The molecule has 8 nitrogen and oxygen atoms in total. The fourth-order valence-corrected chi connectivity index (χ4v) is 6.48. The van der Waals surface area contributed by atoms with Crippen LogP contribution in [0.15, 0.2) is 12.2 Å². The van der Waals surface area contributed by atoms with Crippen molar-refractivity contribution in [3.8, 4) is 0 Å². The highest BCUT2D eigenvalue weighted by atomic mass is 16.6. The fraction of sp³-hybridized carbons (Fsp3) is 0.886. The van der Waals surface area contributed by atoms with Crippen molar-refractivity contribution < 1.29 is 38.2 Å². The fourth-order valence-electron chi connectivity index (χ4n) is 6.48. The van der Waals surface area contributed by atoms with Crippen LogP contribution in [-0.2, 0) is 28.6 Å². The first-order valence-electron chi connectivity index (χ1n) is 21.7. The molecule has 0 aliphatic carbocycles. The number of quaternary nitrogens is 1. The van der Waals surface area contributed by atoms with Crippen LogP contribution >= 0.6 is 0 Å². The molecule has 52 heavy (non-hydrogen) atoms. The zero-order valence-electron chi connectivity index (χ0n) is 34.7. The summed E-state index contributed by atoms with van der Waals surface area (Å²) in [5.74, 6) is -1.73. The Balaban J connectivity index is 4.32. The van der Waals surface area contributed by atoms with Crippen LogP contribution in [0.2, 0.25) is 0 Å². The van der Waals surface area contributed by atoms with Crippen LogP contribution in [0.3, 0.4) is 0 Å². The van der Waals surface area contributed by atoms with Gasteiger partial charge in [-0.3, -0.25) is 9.59 Å². The summed E-state index contributed by atoms with van der Waals surface area (Å²) in [7, 11) is 5.41. The SMILES string of the molecule is CCCCCCCC/C=C\CCCCCCCCCC(=O)OC(COCCC(C(=O)[O-])[N+](C)(C)C)COC(=O)CCCCCCCCCCCCC. The molecular weight excluding hydrogens is 654 g/mol. The first-order chi connectivity index (χ1) is 25.1. The molecule has 0 aliphatic rings. The first kappa shape index (κ1) is 50.1. The molecule has 0 fully saturated rings. The average Bonchev–Trinajstić information content (AvgIpc) is 3.09. The van der Waals surface area contributed by atoms with Gasteiger partial charge in [-0.2, -0.15) is 0 Å². The summed E-state index contributed by atoms with van der Waals surface area (Å²) in [6.45, 7) is 4.66. The van der Waals surface area contributed by atoms with Gasteiger partial charge in [0.25, 0.3) is 0 Å². The van der Waals surface area contributed by atoms with Gasteiger partial charge in [0.2, 0.25) is 0 Å². The van der Waals surface area contributed by atoms with Gasteiger partial charge in [0.05, 0.1) is 40.3 Å². The number of carboxylic acids is 1. The molecule has 0 heterocycles. The summed E-state index contributed by atoms with van der Waals surface area (Å²) >= 11 is 0. The lowest BCUT2D eigenvalue weighted by molar-refractivity contribution is -0.889. The number of carbonyl (C=O) groups excluding carboxylic acids is 3. The van der Waals surface area contributed by atoms with Gasteiger partial charge in [0.15, 0.2) is 6.10 Å². The standard InChI is InChI=1S/C44H83NO7/c1-6-8-10-12-14-16-18-19-20-21-22-23-25-27-29-31-33-35-43(47)52-40(38-50-37-36-41(44(48)49)45(3,4)5)39-51-42(46)34-32-30-28-26-24-17-15-13-11-9-7-2/h19-20,40-41H,6-18,21-39H2,1-5H3/b20-19-. The number of unbranched alkanes of at least 4 members (excludes halogenated alkanes) is 23. The maximum atomic E-state index is 12.7. The summed E-state index contributed by atoms with van der Waals surface area (Å²) in [6, 6.07) is -0.721. The molecule has 0 rings (SSSR count). The predicted molar refractivity (Wildman–Crippen MR) is 213 cm³/mol. The highest BCUT2D eigenvalue weighted by Crippen LogP contribution is 2.15. The second kappa shape index (κ2) is 36.1. The molecule has 0 N–H and O–H groups in total. The van der Waals surface area contributed by atoms with Crippen molar-refractivity contribution in [1.82, 2.24) is 0 Å². The zero-order valence-corrected chi connectivity index (χ0v) is 34.7. The number of ether oxygens (including phenoxy) is 3. The van der Waals surface area contributed by atoms with E-state index in [9.17, 15) is 19.5 Å². The monoisotopic (exact) mass is 738 g/mol. The summed E-state index contributed by atoms with van der Waals surface area (Å²) < 4.78 is 17.1. The lowest BCUT2D eigenvalue weighted by atomic mass is 10.1. The van der Waals surface area contributed by atoms with Crippen LogP contribution < -0.4 is 5.11 Å². The Bertz CT molecular complexity index is 869. The van der Waals surface area contributed by atoms with Crippen LogP contribution in [0.4, 0.5) is 0 Å². The summed E-state index contributed by atoms with van der Waals surface area (Å²) in [6.07, 6.45) is 36.6. The second-order valence-electron chi connectivity index (χ2n) is 15.9.